The highest BCUT2D eigenvalue weighted by molar-refractivity contribution is 5.95. The molecular weight excluding hydrogens is 443 g/mol. The predicted molar refractivity (Wildman–Crippen MR) is 128 cm³/mol. The van der Waals surface area contributed by atoms with Crippen LogP contribution in [0.25, 0.3) is 0 Å². The van der Waals surface area contributed by atoms with E-state index in [1.165, 1.54) is 12.1 Å². The van der Waals surface area contributed by atoms with Gasteiger partial charge >= 0.3 is 0 Å². The number of benzene rings is 1. The first-order valence-electron chi connectivity index (χ1n) is 11.3. The molecule has 0 amide bonds. The monoisotopic (exact) mass is 475 g/mol. The van der Waals surface area contributed by atoms with Gasteiger partial charge in [0.05, 0.1) is 18.7 Å². The minimum absolute atomic E-state index is 0.130. The number of hydrogen-bond acceptors (Lipinski definition) is 6. The van der Waals surface area contributed by atoms with E-state index in [4.69, 9.17) is 4.74 Å². The molecule has 9 heteroatoms. The molecule has 1 fully saturated rings. The normalized spacial score (nSPS) is 18.1. The molecule has 1 aliphatic heterocycles. The fraction of sp³-hybridized carbons (Fsp3) is 0.480. The van der Waals surface area contributed by atoms with E-state index < -0.39 is 23.8 Å². The van der Waals surface area contributed by atoms with Gasteiger partial charge in [0.25, 0.3) is 6.43 Å². The molecule has 0 radical (unpaired) electrons. The van der Waals surface area contributed by atoms with Crippen molar-refractivity contribution in [2.75, 3.05) is 32.6 Å². The van der Waals surface area contributed by atoms with Crippen LogP contribution in [-0.4, -0.2) is 48.0 Å². The Kier molecular flexibility index (Phi) is 8.30. The third-order valence-electron chi connectivity index (χ3n) is 6.14. The van der Waals surface area contributed by atoms with Crippen LogP contribution in [0.4, 0.5) is 24.8 Å². The van der Waals surface area contributed by atoms with Crippen LogP contribution in [0.15, 0.2) is 35.3 Å². The van der Waals surface area contributed by atoms with Gasteiger partial charge in [-0.15, -0.1) is 0 Å². The fourth-order valence-corrected chi connectivity index (χ4v) is 4.19. The minimum atomic E-state index is -2.89. The van der Waals surface area contributed by atoms with Gasteiger partial charge < -0.3 is 15.0 Å². The van der Waals surface area contributed by atoms with Crippen molar-refractivity contribution in [1.29, 1.82) is 0 Å². The molecule has 3 rings (SSSR count). The molecule has 1 saturated heterocycles. The zero-order valence-electron chi connectivity index (χ0n) is 20.3. The second-order valence-electron chi connectivity index (χ2n) is 8.73. The Morgan fingerprint density at radius 3 is 2.62 bits per heavy atom. The van der Waals surface area contributed by atoms with Crippen LogP contribution in [0.3, 0.4) is 0 Å². The molecule has 2 heterocycles. The Labute approximate surface area is 199 Å². The van der Waals surface area contributed by atoms with Crippen LogP contribution < -0.4 is 5.32 Å². The van der Waals surface area contributed by atoms with Gasteiger partial charge in [-0.1, -0.05) is 24.8 Å². The average Bonchev–Trinajstić information content (AvgIpc) is 2.79. The number of ether oxygens (including phenoxy) is 1. The van der Waals surface area contributed by atoms with Crippen LogP contribution in [0.1, 0.15) is 54.7 Å². The number of alkyl halides is 2. The van der Waals surface area contributed by atoms with E-state index in [-0.39, 0.29) is 11.5 Å². The van der Waals surface area contributed by atoms with Crippen molar-refractivity contribution in [3.63, 3.8) is 0 Å². The molecule has 0 spiro atoms. The van der Waals surface area contributed by atoms with Crippen molar-refractivity contribution in [3.8, 4) is 0 Å². The maximum atomic E-state index is 14.6. The highest BCUT2D eigenvalue weighted by Crippen LogP contribution is 2.31. The quantitative estimate of drug-likeness (QED) is 0.398. The zero-order chi connectivity index (χ0) is 25.0. The topological polar surface area (TPSA) is 62.6 Å². The molecule has 2 aromatic rings. The number of aromatic nitrogens is 2. The smallest absolute Gasteiger partial charge is 0.266 e. The molecule has 1 aromatic heterocycles. The summed E-state index contributed by atoms with van der Waals surface area (Å²) in [6.07, 6.45) is -0.792. The number of rotatable bonds is 7. The summed E-state index contributed by atoms with van der Waals surface area (Å²) >= 11 is 0. The van der Waals surface area contributed by atoms with Crippen molar-refractivity contribution in [1.82, 2.24) is 14.9 Å². The molecule has 0 bridgehead atoms. The van der Waals surface area contributed by atoms with Crippen LogP contribution in [0, 0.1) is 25.6 Å². The van der Waals surface area contributed by atoms with E-state index in [0.717, 1.165) is 37.6 Å². The molecule has 2 atom stereocenters. The van der Waals surface area contributed by atoms with E-state index in [0.29, 0.717) is 28.9 Å². The summed E-state index contributed by atoms with van der Waals surface area (Å²) in [7, 11) is 3.64. The number of aryl methyl sites for hydroxylation is 1. The highest BCUT2D eigenvalue weighted by atomic mass is 19.3. The summed E-state index contributed by atoms with van der Waals surface area (Å²) in [5, 5.41) is 3.13. The van der Waals surface area contributed by atoms with Crippen LogP contribution in [0.5, 0.6) is 0 Å². The Hall–Kier alpha value is -2.94. The maximum Gasteiger partial charge on any atom is 0.266 e. The van der Waals surface area contributed by atoms with Crippen molar-refractivity contribution < 1.29 is 17.9 Å². The first-order chi connectivity index (χ1) is 16.1. The van der Waals surface area contributed by atoms with Crippen molar-refractivity contribution >= 4 is 17.5 Å². The van der Waals surface area contributed by atoms with Crippen LogP contribution in [0.2, 0.25) is 0 Å². The highest BCUT2D eigenvalue weighted by Gasteiger charge is 2.24. The second-order valence-corrected chi connectivity index (χ2v) is 8.73. The van der Waals surface area contributed by atoms with Gasteiger partial charge in [-0.25, -0.2) is 23.1 Å². The number of piperidine rings is 1. The average molecular weight is 476 g/mol. The van der Waals surface area contributed by atoms with E-state index in [9.17, 15) is 13.2 Å². The van der Waals surface area contributed by atoms with E-state index in [1.807, 2.05) is 0 Å². The molecular formula is C25H32F3N5O. The molecule has 6 nitrogen and oxygen atoms in total. The zero-order valence-corrected chi connectivity index (χ0v) is 20.3. The van der Waals surface area contributed by atoms with Crippen molar-refractivity contribution in [2.24, 2.45) is 10.9 Å². The van der Waals surface area contributed by atoms with Crippen molar-refractivity contribution in [2.45, 2.75) is 46.1 Å². The molecule has 0 saturated carbocycles. The van der Waals surface area contributed by atoms with Crippen molar-refractivity contribution in [3.05, 3.63) is 58.7 Å². The Morgan fingerprint density at radius 2 is 1.97 bits per heavy atom. The molecule has 0 unspecified atom stereocenters. The van der Waals surface area contributed by atoms with E-state index >= 15 is 0 Å². The van der Waals surface area contributed by atoms with Gasteiger partial charge in [-0.3, -0.25) is 0 Å². The molecule has 1 aliphatic rings. The Bertz CT molecular complexity index is 1070. The summed E-state index contributed by atoms with van der Waals surface area (Å²) in [6, 6.07) is 3.38. The summed E-state index contributed by atoms with van der Waals surface area (Å²) < 4.78 is 46.5. The second kappa shape index (κ2) is 11.0. The lowest BCUT2D eigenvalue weighted by atomic mass is 9.91. The number of nitrogens with zero attached hydrogens (tertiary/aromatic N) is 4. The predicted octanol–water partition coefficient (Wildman–Crippen LogP) is 5.92. The molecule has 1 N–H and O–H groups in total. The lowest BCUT2D eigenvalue weighted by molar-refractivity contribution is 0.146. The Morgan fingerprint density at radius 1 is 1.26 bits per heavy atom. The molecule has 184 valence electrons. The third kappa shape index (κ3) is 5.75. The van der Waals surface area contributed by atoms with Crippen LogP contribution >= 0.6 is 0 Å². The number of methoxy groups -OCH3 is 1. The third-order valence-corrected chi connectivity index (χ3v) is 6.14. The van der Waals surface area contributed by atoms with E-state index in [1.54, 1.807) is 27.9 Å². The van der Waals surface area contributed by atoms with Crippen LogP contribution in [-0.2, 0) is 4.74 Å². The first-order valence-corrected chi connectivity index (χ1v) is 11.3. The molecule has 0 aliphatic carbocycles. The minimum Gasteiger partial charge on any atom is -0.481 e. The number of nitrogens with one attached hydrogen (secondary N) is 1. The maximum absolute atomic E-state index is 14.6. The molecule has 1 aromatic carbocycles. The number of hydrogen-bond donors (Lipinski definition) is 1. The van der Waals surface area contributed by atoms with Gasteiger partial charge in [-0.05, 0) is 47.2 Å². The van der Waals surface area contributed by atoms with Gasteiger partial charge in [0.2, 0.25) is 5.90 Å². The van der Waals surface area contributed by atoms with Gasteiger partial charge in [0.1, 0.15) is 17.5 Å². The number of halogens is 3. The van der Waals surface area contributed by atoms with Gasteiger partial charge in [0, 0.05) is 29.2 Å². The summed E-state index contributed by atoms with van der Waals surface area (Å²) in [5.74, 6) is 1.04. The summed E-state index contributed by atoms with van der Waals surface area (Å²) in [5.41, 5.74) is 0.957. The fourth-order valence-electron chi connectivity index (χ4n) is 4.19. The number of anilines is 1. The lowest BCUT2D eigenvalue weighted by Crippen LogP contribution is -2.34. The van der Waals surface area contributed by atoms with E-state index in [2.05, 4.69) is 38.8 Å². The Balaban J connectivity index is 1.90. The standard InChI is InChI=1S/C25H32F3N5O/c1-14(18-9-8-12-33(5)13-18)25(34-6)32-24-15(2)23(30-17(4)31-24)29-16(3)19-10-7-11-20(21(19)26)22(27)28/h7,10-11,16,18,22H,1,8-9,12-13H2,2-6H3,(H,29,30,31)/t16-,18-/m1/s1. The largest absolute Gasteiger partial charge is 0.481 e. The molecule has 34 heavy (non-hydrogen) atoms. The van der Waals surface area contributed by atoms with Gasteiger partial charge in [0.15, 0.2) is 5.82 Å². The summed E-state index contributed by atoms with van der Waals surface area (Å²) in [4.78, 5) is 15.8. The number of aliphatic imine (C=N–C) groups is 1. The lowest BCUT2D eigenvalue weighted by Gasteiger charge is -2.30. The summed E-state index contributed by atoms with van der Waals surface area (Å²) in [6.45, 7) is 11.4. The van der Waals surface area contributed by atoms with Gasteiger partial charge in [-0.2, -0.15) is 4.99 Å². The number of likely N-dealkylation sites (tertiary alicyclic amines) is 1. The first kappa shape index (κ1) is 25.7. The SMILES string of the molecule is C=C(C(=Nc1nc(C)nc(N[C@H](C)c2cccc(C(F)F)c2F)c1C)OC)[C@@H]1CCCN(C)C1.